The molecule has 0 saturated heterocycles. The Bertz CT molecular complexity index is 7050. The molecular formula is C114H98N4SSi3. The lowest BCUT2D eigenvalue weighted by atomic mass is 9.76. The Hall–Kier alpha value is -12.3. The summed E-state index contributed by atoms with van der Waals surface area (Å²) in [7, 11) is -8.07. The van der Waals surface area contributed by atoms with E-state index < -0.39 is 34.2 Å². The number of hydrogen-bond donors (Lipinski definition) is 0. The minimum atomic E-state index is -2.61. The first-order valence-electron chi connectivity index (χ1n) is 44.3. The lowest BCUT2D eigenvalue weighted by Gasteiger charge is -2.45. The first-order valence-corrected chi connectivity index (χ1v) is 55.5. The fourth-order valence-corrected chi connectivity index (χ4v) is 37.6. The van der Waals surface area contributed by atoms with Crippen LogP contribution < -0.4 is 50.7 Å². The van der Waals surface area contributed by atoms with Gasteiger partial charge in [-0.05, 0) is 273 Å². The van der Waals surface area contributed by atoms with Crippen molar-refractivity contribution in [2.24, 2.45) is 0 Å². The van der Waals surface area contributed by atoms with E-state index in [0.717, 1.165) is 18.9 Å². The second-order valence-electron chi connectivity index (χ2n) is 37.6. The fourth-order valence-electron chi connectivity index (χ4n) is 24.4. The molecule has 0 amide bonds. The summed E-state index contributed by atoms with van der Waals surface area (Å²) < 4.78 is 0. The average Bonchev–Trinajstić information content (AvgIpc) is 1.58. The highest BCUT2D eigenvalue weighted by Gasteiger charge is 2.51. The molecule has 2 spiro atoms. The van der Waals surface area contributed by atoms with E-state index in [1.54, 1.807) is 5.19 Å². The van der Waals surface area contributed by atoms with Crippen LogP contribution in [0.5, 0.6) is 0 Å². The molecule has 16 aromatic carbocycles. The molecule has 0 unspecified atom stereocenters. The van der Waals surface area contributed by atoms with E-state index in [4.69, 9.17) is 0 Å². The molecule has 24 rings (SSSR count). The molecule has 8 heteroatoms. The van der Waals surface area contributed by atoms with Crippen LogP contribution in [-0.4, -0.2) is 36.7 Å². The molecule has 4 nitrogen and oxygen atoms in total. The molecule has 0 radical (unpaired) electrons. The van der Waals surface area contributed by atoms with Gasteiger partial charge in [0.25, 0.3) is 0 Å². The topological polar surface area (TPSA) is 13.0 Å². The molecule has 0 bridgehead atoms. The number of hydrogen-bond acceptors (Lipinski definition) is 4. The van der Waals surface area contributed by atoms with Gasteiger partial charge >= 0.3 is 0 Å². The molecule has 592 valence electrons. The van der Waals surface area contributed by atoms with E-state index in [2.05, 4.69) is 423 Å². The van der Waals surface area contributed by atoms with Gasteiger partial charge in [0.2, 0.25) is 0 Å². The maximum Gasteiger partial charge on any atom is 0.124 e. The summed E-state index contributed by atoms with van der Waals surface area (Å²) in [6.45, 7) is 12.9. The Morgan fingerprint density at radius 1 is 0.295 bits per heavy atom. The molecule has 4 heterocycles. The summed E-state index contributed by atoms with van der Waals surface area (Å²) in [6.07, 6.45) is 24.0. The van der Waals surface area contributed by atoms with E-state index in [1.807, 2.05) is 0 Å². The first-order chi connectivity index (χ1) is 59.6. The monoisotopic (exact) mass is 1640 g/mol. The summed E-state index contributed by atoms with van der Waals surface area (Å²) in [4.78, 5) is 13.3. The van der Waals surface area contributed by atoms with Gasteiger partial charge in [-0.25, -0.2) is 0 Å². The Labute approximate surface area is 722 Å². The zero-order valence-corrected chi connectivity index (χ0v) is 74.4. The van der Waals surface area contributed by atoms with Crippen molar-refractivity contribution >= 4 is 179 Å². The van der Waals surface area contributed by atoms with Crippen molar-refractivity contribution in [1.29, 1.82) is 0 Å². The fraction of sp³-hybridized carbons (Fsp3) is 0.158. The molecule has 4 aliphatic heterocycles. The lowest BCUT2D eigenvalue weighted by molar-refractivity contribution is 0.550. The van der Waals surface area contributed by atoms with Crippen molar-refractivity contribution < 1.29 is 0 Å². The summed E-state index contributed by atoms with van der Waals surface area (Å²) in [5.41, 5.74) is 33.4. The number of nitrogens with zero attached hydrogens (tertiary/aromatic N) is 4. The first kappa shape index (κ1) is 73.6. The van der Waals surface area contributed by atoms with Crippen molar-refractivity contribution in [2.75, 3.05) is 32.1 Å². The van der Waals surface area contributed by atoms with Crippen LogP contribution in [0.25, 0.3) is 68.1 Å². The molecule has 0 atom stereocenters. The highest BCUT2D eigenvalue weighted by atomic mass is 32.3. The molecule has 0 N–H and O–H groups in total. The number of benzene rings is 16. The maximum atomic E-state index is 2.69. The molecule has 0 aromatic heterocycles. The Kier molecular flexibility index (Phi) is 16.5. The van der Waals surface area contributed by atoms with Crippen molar-refractivity contribution in [3.63, 3.8) is 0 Å². The lowest BCUT2D eigenvalue weighted by Crippen LogP contribution is -2.65. The van der Waals surface area contributed by atoms with Crippen molar-refractivity contribution in [3.05, 3.63) is 384 Å². The molecular weight excluding hydrogens is 1540 g/mol. The van der Waals surface area contributed by atoms with Gasteiger partial charge in [0.05, 0.1) is 17.1 Å². The van der Waals surface area contributed by atoms with Crippen LogP contribution in [0.3, 0.4) is 0 Å². The van der Waals surface area contributed by atoms with Gasteiger partial charge in [-0.1, -0.05) is 307 Å². The normalized spacial score (nSPS) is 17.6. The van der Waals surface area contributed by atoms with Gasteiger partial charge in [0.15, 0.2) is 0 Å². The van der Waals surface area contributed by atoms with Crippen LogP contribution in [0.2, 0.25) is 32.7 Å². The van der Waals surface area contributed by atoms with Gasteiger partial charge in [-0.3, -0.25) is 0 Å². The summed E-state index contributed by atoms with van der Waals surface area (Å²) in [5.74, 6) is 0. The maximum absolute atomic E-state index is 2.69. The quantitative estimate of drug-likeness (QED) is 0.0999. The number of fused-ring (bicyclic) bond motifs is 20. The van der Waals surface area contributed by atoms with E-state index >= 15 is 0 Å². The van der Waals surface area contributed by atoms with Crippen molar-refractivity contribution in [2.45, 2.75) is 111 Å². The predicted octanol–water partition coefficient (Wildman–Crippen LogP) is 27.2. The van der Waals surface area contributed by atoms with E-state index in [0.29, 0.717) is 0 Å². The Morgan fingerprint density at radius 3 is 1.21 bits per heavy atom. The molecule has 122 heavy (non-hydrogen) atoms. The van der Waals surface area contributed by atoms with Crippen molar-refractivity contribution in [3.8, 4) is 22.3 Å². The van der Waals surface area contributed by atoms with Gasteiger partial charge in [0.1, 0.15) is 24.2 Å². The highest BCUT2D eigenvalue weighted by molar-refractivity contribution is 8.33. The smallest absolute Gasteiger partial charge is 0.124 e. The standard InChI is InChI=1S/C114H98N4SSi3/c1-119(2)105-40-17-10-32-97(105)115(98-33-11-18-41-106(98)119)84-58-62-89-88-61-52-78(71-93(88)114(94(89)73-84)67-26-27-68-114)49-53-79-56-64-96(91-31-9-8-30-86(79)91)118-101-36-14-21-44-109(101)121(5,6)112-82(29-28-39-104(112)118)75-122(7)110-45-22-15-37-102(110)117(103-38-16-23-46-111(103)122)85-59-63-90-87-60-51-77(70-92(87)113(95(90)74-85)65-24-25-66-113)48-47-76-50-54-81-72-83(57-55-80(81)69-76)116-99-34-12-19-42-107(99)120(3,4)108-43-20-13-35-100(108)116/h8-23,28-64,69-74H,24-27,65-68,75H2,1-7H3. The molecule has 2 fully saturated rings. The molecule has 16 aromatic rings. The van der Waals surface area contributed by atoms with Gasteiger partial charge < -0.3 is 19.6 Å². The molecule has 2 saturated carbocycles. The van der Waals surface area contributed by atoms with Crippen LogP contribution in [0, 0.1) is 0 Å². The minimum absolute atomic E-state index is 0.0154. The molecule has 4 aliphatic carbocycles. The van der Waals surface area contributed by atoms with Gasteiger partial charge in [-0.15, -0.1) is 0 Å². The SMILES string of the molecule is C[Si]1(C)c2ccccc2N(c2ccc3cc(C=Cc4ccc5c(c4)C4(CCCC4)c4cc(N6c7ccccc7[Si](C)(Cc7cccc8c7[Si](C)(C)c7ccccc7N8c7ccc(C=Cc8ccc9c(c8)C8(CCCC8)c8cc(N%10c%11ccccc%11S(C)(C)c%11ccccc%11%10)ccc8-9)c8ccccc78)c7ccccc76)ccc4-5)ccc3c2)c2ccccc21. The van der Waals surface area contributed by atoms with Gasteiger partial charge in [-0.2, -0.15) is 10.0 Å². The average molecular weight is 1640 g/mol. The predicted molar refractivity (Wildman–Crippen MR) is 531 cm³/mol. The second-order valence-corrected chi connectivity index (χ2v) is 53.8. The molecule has 8 aliphatic rings. The zero-order chi connectivity index (χ0) is 81.8. The number of anilines is 12. The second kappa shape index (κ2) is 27.4. The number of rotatable bonds is 10. The van der Waals surface area contributed by atoms with E-state index in [1.165, 1.54) is 236 Å². The summed E-state index contributed by atoms with van der Waals surface area (Å²) >= 11 is 0. The van der Waals surface area contributed by atoms with E-state index in [9.17, 15) is 0 Å². The van der Waals surface area contributed by atoms with Crippen LogP contribution in [-0.2, 0) is 16.9 Å². The minimum Gasteiger partial charge on any atom is -0.311 e. The number of para-hydroxylation sites is 7. The van der Waals surface area contributed by atoms with Crippen LogP contribution in [0.1, 0.15) is 101 Å². The van der Waals surface area contributed by atoms with Crippen LogP contribution >= 0.6 is 10.0 Å². The van der Waals surface area contributed by atoms with Gasteiger partial charge in [0, 0.05) is 77.2 Å². The third-order valence-electron chi connectivity index (χ3n) is 30.2. The zero-order valence-electron chi connectivity index (χ0n) is 70.6. The van der Waals surface area contributed by atoms with Crippen molar-refractivity contribution in [1.82, 2.24) is 0 Å². The largest absolute Gasteiger partial charge is 0.311 e. The third-order valence-corrected chi connectivity index (χ3v) is 44.5. The summed E-state index contributed by atoms with van der Waals surface area (Å²) in [5, 5.41) is 14.0. The Morgan fingerprint density at radius 2 is 0.672 bits per heavy atom. The third kappa shape index (κ3) is 10.8. The van der Waals surface area contributed by atoms with Crippen LogP contribution in [0.15, 0.2) is 343 Å². The Balaban J connectivity index is 0.531. The highest BCUT2D eigenvalue weighted by Crippen LogP contribution is 2.68. The van der Waals surface area contributed by atoms with E-state index in [-0.39, 0.29) is 10.8 Å². The van der Waals surface area contributed by atoms with Crippen LogP contribution in [0.4, 0.5) is 68.2 Å². The summed E-state index contributed by atoms with van der Waals surface area (Å²) in [6, 6.07) is 131.